The van der Waals surface area contributed by atoms with Gasteiger partial charge in [-0.3, -0.25) is 0 Å². The fraction of sp³-hybridized carbons (Fsp3) is 0.778. The summed E-state index contributed by atoms with van der Waals surface area (Å²) in [5, 5.41) is 2.50. The van der Waals surface area contributed by atoms with Crippen molar-refractivity contribution in [3.63, 3.8) is 0 Å². The number of alkyl carbamates (subject to hydrolysis) is 1. The highest BCUT2D eigenvalue weighted by Gasteiger charge is 2.15. The van der Waals surface area contributed by atoms with Crippen LogP contribution in [0.5, 0.6) is 0 Å². The summed E-state index contributed by atoms with van der Waals surface area (Å²) < 4.78 is 4.97. The van der Waals surface area contributed by atoms with E-state index in [1.165, 1.54) is 0 Å². The summed E-state index contributed by atoms with van der Waals surface area (Å²) in [6.07, 6.45) is 0.579. The number of ether oxygens (including phenoxy) is 1. The van der Waals surface area contributed by atoms with Crippen LogP contribution in [0.3, 0.4) is 0 Å². The molecule has 0 aliphatic heterocycles. The smallest absolute Gasteiger partial charge is 0.407 e. The second-order valence-electron chi connectivity index (χ2n) is 4.02. The number of hydrogen-bond donors (Lipinski definition) is 2. The van der Waals surface area contributed by atoms with Gasteiger partial charge in [0.15, 0.2) is 0 Å². The van der Waals surface area contributed by atoms with Gasteiger partial charge in [-0.05, 0) is 27.2 Å². The lowest BCUT2D eigenvalue weighted by molar-refractivity contribution is -0.109. The third kappa shape index (κ3) is 7.54. The van der Waals surface area contributed by atoms with E-state index in [1.807, 2.05) is 0 Å². The first kappa shape index (κ1) is 12.9. The van der Waals surface area contributed by atoms with Crippen molar-refractivity contribution in [2.75, 3.05) is 6.54 Å². The molecule has 0 heterocycles. The molecule has 0 aliphatic rings. The molecule has 0 aromatic carbocycles. The zero-order valence-corrected chi connectivity index (χ0v) is 8.87. The lowest BCUT2D eigenvalue weighted by atomic mass is 10.2. The monoisotopic (exact) mass is 202 g/mol. The zero-order chi connectivity index (χ0) is 11.2. The molecule has 1 atom stereocenters. The van der Waals surface area contributed by atoms with Crippen molar-refractivity contribution in [3.8, 4) is 0 Å². The predicted molar refractivity (Wildman–Crippen MR) is 52.9 cm³/mol. The van der Waals surface area contributed by atoms with Crippen LogP contribution in [-0.2, 0) is 9.53 Å². The number of carbonyl (C=O) groups excluding carboxylic acids is 2. The van der Waals surface area contributed by atoms with Crippen molar-refractivity contribution in [2.24, 2.45) is 5.73 Å². The Bertz CT molecular complexity index is 199. The quantitative estimate of drug-likeness (QED) is 0.648. The number of nitrogens with two attached hydrogens (primary N) is 1. The van der Waals surface area contributed by atoms with Crippen LogP contribution < -0.4 is 11.1 Å². The van der Waals surface area contributed by atoms with E-state index in [9.17, 15) is 9.59 Å². The van der Waals surface area contributed by atoms with E-state index >= 15 is 0 Å². The minimum Gasteiger partial charge on any atom is -0.444 e. The van der Waals surface area contributed by atoms with Crippen molar-refractivity contribution >= 4 is 12.4 Å². The SMILES string of the molecule is CC(C)(C)OC(=O)NCC[C@H](N)C=O. The van der Waals surface area contributed by atoms with Crippen LogP contribution in [0.2, 0.25) is 0 Å². The number of hydrogen-bond acceptors (Lipinski definition) is 4. The van der Waals surface area contributed by atoms with Crippen molar-refractivity contribution in [2.45, 2.75) is 38.8 Å². The van der Waals surface area contributed by atoms with Gasteiger partial charge in [-0.15, -0.1) is 0 Å². The van der Waals surface area contributed by atoms with Crippen LogP contribution in [0, 0.1) is 0 Å². The first-order valence-electron chi connectivity index (χ1n) is 4.53. The van der Waals surface area contributed by atoms with Gasteiger partial charge >= 0.3 is 6.09 Å². The molecule has 0 radical (unpaired) electrons. The summed E-state index contributed by atoms with van der Waals surface area (Å²) in [6, 6.07) is -0.523. The van der Waals surface area contributed by atoms with Crippen LogP contribution >= 0.6 is 0 Å². The fourth-order valence-electron chi connectivity index (χ4n) is 0.723. The van der Waals surface area contributed by atoms with Gasteiger partial charge in [0.05, 0.1) is 6.04 Å². The van der Waals surface area contributed by atoms with Crippen molar-refractivity contribution in [3.05, 3.63) is 0 Å². The van der Waals surface area contributed by atoms with Gasteiger partial charge in [-0.25, -0.2) is 4.79 Å². The summed E-state index contributed by atoms with van der Waals surface area (Å²) in [7, 11) is 0. The second-order valence-corrected chi connectivity index (χ2v) is 4.02. The molecule has 82 valence electrons. The Kier molecular flexibility index (Phi) is 5.15. The van der Waals surface area contributed by atoms with E-state index in [1.54, 1.807) is 20.8 Å². The second kappa shape index (κ2) is 5.59. The van der Waals surface area contributed by atoms with Crippen molar-refractivity contribution in [1.29, 1.82) is 0 Å². The van der Waals surface area contributed by atoms with Crippen LogP contribution in [0.4, 0.5) is 4.79 Å². The van der Waals surface area contributed by atoms with Crippen molar-refractivity contribution in [1.82, 2.24) is 5.32 Å². The standard InChI is InChI=1S/C9H18N2O3/c1-9(2,3)14-8(13)11-5-4-7(10)6-12/h6-7H,4-5,10H2,1-3H3,(H,11,13)/t7-/m0/s1. The highest BCUT2D eigenvalue weighted by molar-refractivity contribution is 5.67. The van der Waals surface area contributed by atoms with Gasteiger partial charge in [0.25, 0.3) is 0 Å². The molecule has 0 bridgehead atoms. The summed E-state index contributed by atoms with van der Waals surface area (Å²) in [5.74, 6) is 0. The minimum atomic E-state index is -0.523. The largest absolute Gasteiger partial charge is 0.444 e. The molecule has 0 fully saturated rings. The molecule has 0 saturated heterocycles. The summed E-state index contributed by atoms with van der Waals surface area (Å²) in [5.41, 5.74) is 4.82. The van der Waals surface area contributed by atoms with E-state index in [0.29, 0.717) is 19.3 Å². The van der Waals surface area contributed by atoms with E-state index in [0.717, 1.165) is 0 Å². The Morgan fingerprint density at radius 3 is 2.57 bits per heavy atom. The predicted octanol–water partition coefficient (Wildman–Crippen LogP) is 0.427. The van der Waals surface area contributed by atoms with Crippen LogP contribution in [-0.4, -0.2) is 30.6 Å². The number of nitrogens with one attached hydrogen (secondary N) is 1. The van der Waals surface area contributed by atoms with E-state index in [2.05, 4.69) is 5.32 Å². The van der Waals surface area contributed by atoms with Gasteiger partial charge in [0, 0.05) is 6.54 Å². The zero-order valence-electron chi connectivity index (χ0n) is 8.87. The van der Waals surface area contributed by atoms with Crippen molar-refractivity contribution < 1.29 is 14.3 Å². The minimum absolute atomic E-state index is 0.342. The maximum atomic E-state index is 11.1. The van der Waals surface area contributed by atoms with Gasteiger partial charge in [0.2, 0.25) is 0 Å². The molecule has 0 aliphatic carbocycles. The molecular weight excluding hydrogens is 184 g/mol. The number of amides is 1. The lowest BCUT2D eigenvalue weighted by Gasteiger charge is -2.19. The van der Waals surface area contributed by atoms with E-state index in [-0.39, 0.29) is 0 Å². The fourth-order valence-corrected chi connectivity index (χ4v) is 0.723. The van der Waals surface area contributed by atoms with Gasteiger partial charge < -0.3 is 20.6 Å². The molecule has 0 aromatic heterocycles. The van der Waals surface area contributed by atoms with Crippen LogP contribution in [0.25, 0.3) is 0 Å². The topological polar surface area (TPSA) is 81.4 Å². The van der Waals surface area contributed by atoms with Gasteiger partial charge in [-0.1, -0.05) is 0 Å². The normalized spacial score (nSPS) is 13.1. The number of carbonyl (C=O) groups is 2. The summed E-state index contributed by atoms with van der Waals surface area (Å²) in [4.78, 5) is 21.2. The highest BCUT2D eigenvalue weighted by Crippen LogP contribution is 2.06. The van der Waals surface area contributed by atoms with E-state index < -0.39 is 17.7 Å². The molecule has 5 nitrogen and oxygen atoms in total. The Morgan fingerprint density at radius 2 is 2.14 bits per heavy atom. The Morgan fingerprint density at radius 1 is 1.57 bits per heavy atom. The number of rotatable bonds is 4. The summed E-state index contributed by atoms with van der Waals surface area (Å²) in [6.45, 7) is 5.69. The third-order valence-corrected chi connectivity index (χ3v) is 1.32. The molecule has 1 amide bonds. The molecule has 0 aromatic rings. The molecular formula is C9H18N2O3. The average Bonchev–Trinajstić information content (AvgIpc) is 2.00. The molecule has 3 N–H and O–H groups in total. The van der Waals surface area contributed by atoms with Gasteiger partial charge in [0.1, 0.15) is 11.9 Å². The molecule has 0 saturated carbocycles. The van der Waals surface area contributed by atoms with Crippen LogP contribution in [0.15, 0.2) is 0 Å². The first-order chi connectivity index (χ1) is 6.35. The maximum Gasteiger partial charge on any atom is 0.407 e. The highest BCUT2D eigenvalue weighted by atomic mass is 16.6. The molecule has 14 heavy (non-hydrogen) atoms. The number of aldehydes is 1. The van der Waals surface area contributed by atoms with Crippen LogP contribution in [0.1, 0.15) is 27.2 Å². The molecule has 0 spiro atoms. The molecule has 0 rings (SSSR count). The van der Waals surface area contributed by atoms with Gasteiger partial charge in [-0.2, -0.15) is 0 Å². The maximum absolute atomic E-state index is 11.1. The Labute approximate surface area is 84.0 Å². The summed E-state index contributed by atoms with van der Waals surface area (Å²) >= 11 is 0. The third-order valence-electron chi connectivity index (χ3n) is 1.32. The molecule has 0 unspecified atom stereocenters. The van der Waals surface area contributed by atoms with E-state index in [4.69, 9.17) is 10.5 Å². The first-order valence-corrected chi connectivity index (χ1v) is 4.53. The Hall–Kier alpha value is -1.10. The lowest BCUT2D eigenvalue weighted by Crippen LogP contribution is -2.35. The Balaban J connectivity index is 3.60. The molecule has 5 heteroatoms. The average molecular weight is 202 g/mol.